The second kappa shape index (κ2) is 6.11. The van der Waals surface area contributed by atoms with Gasteiger partial charge in [-0.15, -0.1) is 0 Å². The highest BCUT2D eigenvalue weighted by atomic mass is 19.3. The van der Waals surface area contributed by atoms with Crippen molar-refractivity contribution in [2.75, 3.05) is 6.61 Å². The van der Waals surface area contributed by atoms with Gasteiger partial charge in [0.2, 0.25) is 0 Å². The van der Waals surface area contributed by atoms with E-state index in [0.29, 0.717) is 0 Å². The van der Waals surface area contributed by atoms with Gasteiger partial charge < -0.3 is 15.2 Å². The molecule has 18 heavy (non-hydrogen) atoms. The van der Waals surface area contributed by atoms with Gasteiger partial charge in [0.1, 0.15) is 5.75 Å². The molecule has 3 nitrogen and oxygen atoms in total. The van der Waals surface area contributed by atoms with Crippen molar-refractivity contribution in [3.63, 3.8) is 0 Å². The third kappa shape index (κ3) is 4.58. The van der Waals surface area contributed by atoms with Crippen LogP contribution < -0.4 is 10.1 Å². The van der Waals surface area contributed by atoms with E-state index in [4.69, 9.17) is 5.11 Å². The lowest BCUT2D eigenvalue weighted by molar-refractivity contribution is -0.0498. The maximum absolute atomic E-state index is 12.0. The standard InChI is InChI=1S/C13H19F2NO2/c1-9(16-13(2,3)8-17)10-4-6-11(7-5-10)18-12(14)15/h4-7,9,12,16-17H,8H2,1-3H3. The number of hydrogen-bond donors (Lipinski definition) is 2. The van der Waals surface area contributed by atoms with E-state index in [-0.39, 0.29) is 18.4 Å². The molecule has 0 saturated carbocycles. The average Bonchev–Trinajstić information content (AvgIpc) is 2.28. The van der Waals surface area contributed by atoms with Crippen LogP contribution in [0.5, 0.6) is 5.75 Å². The summed E-state index contributed by atoms with van der Waals surface area (Å²) >= 11 is 0. The van der Waals surface area contributed by atoms with E-state index in [0.717, 1.165) is 5.56 Å². The fourth-order valence-corrected chi connectivity index (χ4v) is 1.65. The lowest BCUT2D eigenvalue weighted by atomic mass is 10.0. The molecule has 0 aliphatic heterocycles. The van der Waals surface area contributed by atoms with Gasteiger partial charge in [0, 0.05) is 11.6 Å². The van der Waals surface area contributed by atoms with E-state index in [9.17, 15) is 8.78 Å². The molecule has 1 aromatic carbocycles. The Hall–Kier alpha value is -1.20. The Bertz CT molecular complexity index is 366. The van der Waals surface area contributed by atoms with E-state index >= 15 is 0 Å². The second-order valence-corrected chi connectivity index (χ2v) is 4.86. The quantitative estimate of drug-likeness (QED) is 0.825. The minimum Gasteiger partial charge on any atom is -0.435 e. The molecule has 0 bridgehead atoms. The van der Waals surface area contributed by atoms with Gasteiger partial charge >= 0.3 is 6.61 Å². The first-order valence-corrected chi connectivity index (χ1v) is 5.77. The van der Waals surface area contributed by atoms with Crippen LogP contribution in [0.15, 0.2) is 24.3 Å². The molecule has 0 fully saturated rings. The second-order valence-electron chi connectivity index (χ2n) is 4.86. The van der Waals surface area contributed by atoms with Crippen LogP contribution in [0.3, 0.4) is 0 Å². The first kappa shape index (κ1) is 14.9. The van der Waals surface area contributed by atoms with Crippen LogP contribution in [0.2, 0.25) is 0 Å². The molecule has 5 heteroatoms. The summed E-state index contributed by atoms with van der Waals surface area (Å²) in [7, 11) is 0. The number of aliphatic hydroxyl groups is 1. The Morgan fingerprint density at radius 1 is 1.28 bits per heavy atom. The SMILES string of the molecule is CC(NC(C)(C)CO)c1ccc(OC(F)F)cc1. The highest BCUT2D eigenvalue weighted by molar-refractivity contribution is 5.29. The van der Waals surface area contributed by atoms with Crippen molar-refractivity contribution in [3.05, 3.63) is 29.8 Å². The molecule has 2 N–H and O–H groups in total. The van der Waals surface area contributed by atoms with E-state index < -0.39 is 12.2 Å². The number of benzene rings is 1. The van der Waals surface area contributed by atoms with Crippen LogP contribution >= 0.6 is 0 Å². The average molecular weight is 259 g/mol. The van der Waals surface area contributed by atoms with Crippen molar-refractivity contribution in [2.45, 2.75) is 39.0 Å². The highest BCUT2D eigenvalue weighted by Crippen LogP contribution is 2.20. The van der Waals surface area contributed by atoms with Crippen molar-refractivity contribution >= 4 is 0 Å². The van der Waals surface area contributed by atoms with Gasteiger partial charge in [-0.1, -0.05) is 12.1 Å². The fraction of sp³-hybridized carbons (Fsp3) is 0.538. The Morgan fingerprint density at radius 2 is 1.83 bits per heavy atom. The normalized spacial score (nSPS) is 13.7. The van der Waals surface area contributed by atoms with Crippen LogP contribution in [0.1, 0.15) is 32.4 Å². The molecule has 0 amide bonds. The van der Waals surface area contributed by atoms with E-state index in [1.54, 1.807) is 12.1 Å². The number of halogens is 2. The molecule has 102 valence electrons. The van der Waals surface area contributed by atoms with Crippen LogP contribution in [-0.4, -0.2) is 23.9 Å². The summed E-state index contributed by atoms with van der Waals surface area (Å²) < 4.78 is 28.2. The molecular formula is C13H19F2NO2. The zero-order valence-corrected chi connectivity index (χ0v) is 10.8. The molecule has 1 unspecified atom stereocenters. The van der Waals surface area contributed by atoms with Crippen LogP contribution in [0, 0.1) is 0 Å². The minimum atomic E-state index is -2.81. The maximum Gasteiger partial charge on any atom is 0.387 e. The topological polar surface area (TPSA) is 41.5 Å². The Labute approximate surface area is 106 Å². The molecule has 0 radical (unpaired) electrons. The van der Waals surface area contributed by atoms with Crippen molar-refractivity contribution in [2.24, 2.45) is 0 Å². The van der Waals surface area contributed by atoms with Gasteiger partial charge in [-0.05, 0) is 38.5 Å². The summed E-state index contributed by atoms with van der Waals surface area (Å²) in [6.07, 6.45) is 0. The molecule has 0 aromatic heterocycles. The first-order chi connectivity index (χ1) is 8.34. The lowest BCUT2D eigenvalue weighted by Crippen LogP contribution is -2.43. The molecule has 1 atom stereocenters. The smallest absolute Gasteiger partial charge is 0.387 e. The summed E-state index contributed by atoms with van der Waals surface area (Å²) in [5.41, 5.74) is 0.551. The Morgan fingerprint density at radius 3 is 2.28 bits per heavy atom. The highest BCUT2D eigenvalue weighted by Gasteiger charge is 2.19. The van der Waals surface area contributed by atoms with Gasteiger partial charge in [0.05, 0.1) is 6.61 Å². The summed E-state index contributed by atoms with van der Waals surface area (Å²) in [5, 5.41) is 12.4. The number of ether oxygens (including phenoxy) is 1. The Kier molecular flexibility index (Phi) is 5.04. The lowest BCUT2D eigenvalue weighted by Gasteiger charge is -2.28. The number of aliphatic hydroxyl groups excluding tert-OH is 1. The Balaban J connectivity index is 2.67. The van der Waals surface area contributed by atoms with Gasteiger partial charge in [-0.2, -0.15) is 8.78 Å². The largest absolute Gasteiger partial charge is 0.435 e. The van der Waals surface area contributed by atoms with Crippen molar-refractivity contribution in [3.8, 4) is 5.75 Å². The predicted molar refractivity (Wildman–Crippen MR) is 65.8 cm³/mol. The van der Waals surface area contributed by atoms with Crippen molar-refractivity contribution < 1.29 is 18.6 Å². The fourth-order valence-electron chi connectivity index (χ4n) is 1.65. The first-order valence-electron chi connectivity index (χ1n) is 5.77. The molecule has 0 aliphatic carbocycles. The summed E-state index contributed by atoms with van der Waals surface area (Å²) in [4.78, 5) is 0. The molecule has 0 spiro atoms. The van der Waals surface area contributed by atoms with E-state index in [1.165, 1.54) is 12.1 Å². The van der Waals surface area contributed by atoms with E-state index in [1.807, 2.05) is 20.8 Å². The molecule has 1 rings (SSSR count). The predicted octanol–water partition coefficient (Wildman–Crippen LogP) is 2.71. The number of alkyl halides is 2. The molecule has 0 saturated heterocycles. The monoisotopic (exact) mass is 259 g/mol. The minimum absolute atomic E-state index is 0.00718. The zero-order valence-electron chi connectivity index (χ0n) is 10.8. The van der Waals surface area contributed by atoms with Gasteiger partial charge in [0.25, 0.3) is 0 Å². The molecule has 1 aromatic rings. The van der Waals surface area contributed by atoms with Gasteiger partial charge in [-0.25, -0.2) is 0 Å². The van der Waals surface area contributed by atoms with Crippen LogP contribution in [0.4, 0.5) is 8.78 Å². The van der Waals surface area contributed by atoms with Crippen LogP contribution in [-0.2, 0) is 0 Å². The third-order valence-electron chi connectivity index (χ3n) is 2.61. The van der Waals surface area contributed by atoms with Crippen molar-refractivity contribution in [1.29, 1.82) is 0 Å². The zero-order chi connectivity index (χ0) is 13.8. The summed E-state index contributed by atoms with van der Waals surface area (Å²) in [6.45, 7) is 2.93. The summed E-state index contributed by atoms with van der Waals surface area (Å²) in [5.74, 6) is 0.141. The maximum atomic E-state index is 12.0. The molecule has 0 heterocycles. The van der Waals surface area contributed by atoms with Gasteiger partial charge in [-0.3, -0.25) is 0 Å². The number of hydrogen-bond acceptors (Lipinski definition) is 3. The van der Waals surface area contributed by atoms with Crippen LogP contribution in [0.25, 0.3) is 0 Å². The number of rotatable bonds is 6. The number of nitrogens with one attached hydrogen (secondary N) is 1. The summed E-state index contributed by atoms with van der Waals surface area (Å²) in [6, 6.07) is 6.47. The van der Waals surface area contributed by atoms with Gasteiger partial charge in [0.15, 0.2) is 0 Å². The van der Waals surface area contributed by atoms with E-state index in [2.05, 4.69) is 10.1 Å². The molecule has 0 aliphatic rings. The molecular weight excluding hydrogens is 240 g/mol. The third-order valence-corrected chi connectivity index (χ3v) is 2.61. The van der Waals surface area contributed by atoms with Crippen molar-refractivity contribution in [1.82, 2.24) is 5.32 Å².